The molecule has 176 valence electrons. The van der Waals surface area contributed by atoms with Crippen molar-refractivity contribution in [2.75, 3.05) is 38.6 Å². The number of hydrogen-bond acceptors (Lipinski definition) is 7. The third-order valence-electron chi connectivity index (χ3n) is 5.98. The highest BCUT2D eigenvalue weighted by Crippen LogP contribution is 2.32. The van der Waals surface area contributed by atoms with Crippen molar-refractivity contribution < 1.29 is 9.53 Å². The van der Waals surface area contributed by atoms with E-state index in [4.69, 9.17) is 9.72 Å². The fourth-order valence-corrected chi connectivity index (χ4v) is 5.88. The molecule has 3 aromatic rings. The van der Waals surface area contributed by atoms with Gasteiger partial charge in [0.05, 0.1) is 24.4 Å². The second-order valence-corrected chi connectivity index (χ2v) is 10.4. The Morgan fingerprint density at radius 1 is 1.24 bits per heavy atom. The van der Waals surface area contributed by atoms with E-state index in [1.807, 2.05) is 42.6 Å². The van der Waals surface area contributed by atoms with E-state index >= 15 is 0 Å². The Morgan fingerprint density at radius 3 is 2.67 bits per heavy atom. The lowest BCUT2D eigenvalue weighted by Gasteiger charge is -2.40. The van der Waals surface area contributed by atoms with Crippen LogP contribution in [0.25, 0.3) is 21.3 Å². The van der Waals surface area contributed by atoms with Crippen molar-refractivity contribution in [3.05, 3.63) is 46.1 Å². The first kappa shape index (κ1) is 23.9. The molecule has 1 aliphatic rings. The highest BCUT2D eigenvalue weighted by molar-refractivity contribution is 7.99. The molecule has 7 nitrogen and oxygen atoms in total. The Hall–Kier alpha value is -2.20. The molecule has 0 radical (unpaired) electrons. The molecule has 9 heteroatoms. The maximum Gasteiger partial charge on any atom is 0.263 e. The maximum absolute atomic E-state index is 13.3. The zero-order chi connectivity index (χ0) is 23.4. The molecule has 0 aliphatic carbocycles. The molecule has 0 spiro atoms. The van der Waals surface area contributed by atoms with Gasteiger partial charge in [0, 0.05) is 42.7 Å². The first-order valence-electron chi connectivity index (χ1n) is 11.2. The minimum Gasteiger partial charge on any atom is -0.379 e. The number of aromatic nitrogens is 2. The molecule has 1 aliphatic heterocycles. The van der Waals surface area contributed by atoms with Gasteiger partial charge in [-0.05, 0) is 26.3 Å². The van der Waals surface area contributed by atoms with Gasteiger partial charge in [-0.1, -0.05) is 42.1 Å². The van der Waals surface area contributed by atoms with Crippen LogP contribution in [0.5, 0.6) is 0 Å². The largest absolute Gasteiger partial charge is 0.379 e. The first-order valence-corrected chi connectivity index (χ1v) is 13.1. The van der Waals surface area contributed by atoms with Gasteiger partial charge in [-0.25, -0.2) is 4.98 Å². The number of carbonyl (C=O) groups is 1. The predicted octanol–water partition coefficient (Wildman–Crippen LogP) is 3.46. The van der Waals surface area contributed by atoms with Crippen molar-refractivity contribution in [1.82, 2.24) is 19.8 Å². The van der Waals surface area contributed by atoms with E-state index in [-0.39, 0.29) is 22.8 Å². The number of fused-ring (bicyclic) bond motifs is 1. The Balaban J connectivity index is 1.46. The molecule has 1 aromatic carbocycles. The summed E-state index contributed by atoms with van der Waals surface area (Å²) in [7, 11) is 0. The summed E-state index contributed by atoms with van der Waals surface area (Å²) in [4.78, 5) is 33.7. The van der Waals surface area contributed by atoms with Crippen molar-refractivity contribution in [1.29, 1.82) is 0 Å². The Morgan fingerprint density at radius 2 is 1.97 bits per heavy atom. The number of nitrogens with one attached hydrogen (secondary N) is 1. The quantitative estimate of drug-likeness (QED) is 0.388. The van der Waals surface area contributed by atoms with Gasteiger partial charge in [0.15, 0.2) is 5.16 Å². The number of morpholine rings is 1. The third-order valence-corrected chi connectivity index (χ3v) is 7.83. The lowest BCUT2D eigenvalue weighted by Crippen LogP contribution is -2.55. The van der Waals surface area contributed by atoms with Crippen LogP contribution in [0.2, 0.25) is 0 Å². The van der Waals surface area contributed by atoms with E-state index in [2.05, 4.69) is 24.1 Å². The standard InChI is InChI=1S/C24H30N4O3S2/c1-4-28-22(30)20-18(17-8-6-5-7-9-17)14-32-21(20)26-23(28)33-15-19(29)25-16-24(2,3)27-10-12-31-13-11-27/h5-9,14H,4,10-13,15-16H2,1-3H3,(H,25,29). The van der Waals surface area contributed by atoms with Crippen LogP contribution in [0, 0.1) is 0 Å². The monoisotopic (exact) mass is 486 g/mol. The van der Waals surface area contributed by atoms with Gasteiger partial charge in [0.25, 0.3) is 5.56 Å². The normalized spacial score (nSPS) is 15.1. The van der Waals surface area contributed by atoms with Crippen molar-refractivity contribution >= 4 is 39.2 Å². The summed E-state index contributed by atoms with van der Waals surface area (Å²) in [5, 5.41) is 6.27. The summed E-state index contributed by atoms with van der Waals surface area (Å²) < 4.78 is 7.09. The van der Waals surface area contributed by atoms with Crippen LogP contribution in [-0.2, 0) is 16.1 Å². The van der Waals surface area contributed by atoms with Crippen LogP contribution in [0.4, 0.5) is 0 Å². The van der Waals surface area contributed by atoms with Gasteiger partial charge in [-0.15, -0.1) is 11.3 Å². The minimum atomic E-state index is -0.141. The Bertz CT molecular complexity index is 1170. The summed E-state index contributed by atoms with van der Waals surface area (Å²) in [5.74, 6) is 0.156. The number of rotatable bonds is 8. The van der Waals surface area contributed by atoms with Gasteiger partial charge >= 0.3 is 0 Å². The second-order valence-electron chi connectivity index (χ2n) is 8.62. The highest BCUT2D eigenvalue weighted by Gasteiger charge is 2.28. The zero-order valence-electron chi connectivity index (χ0n) is 19.3. The van der Waals surface area contributed by atoms with Crippen molar-refractivity contribution in [3.63, 3.8) is 0 Å². The number of hydrogen-bond donors (Lipinski definition) is 1. The smallest absolute Gasteiger partial charge is 0.263 e. The molecule has 0 atom stereocenters. The number of thioether (sulfide) groups is 1. The maximum atomic E-state index is 13.3. The van der Waals surface area contributed by atoms with Gasteiger partial charge in [-0.2, -0.15) is 0 Å². The average molecular weight is 487 g/mol. The first-order chi connectivity index (χ1) is 15.9. The molecule has 0 saturated carbocycles. The molecule has 1 N–H and O–H groups in total. The van der Waals surface area contributed by atoms with Crippen LogP contribution in [0.1, 0.15) is 20.8 Å². The van der Waals surface area contributed by atoms with Crippen molar-refractivity contribution in [3.8, 4) is 11.1 Å². The molecule has 3 heterocycles. The number of nitrogens with zero attached hydrogens (tertiary/aromatic N) is 3. The van der Waals surface area contributed by atoms with Crippen molar-refractivity contribution in [2.24, 2.45) is 0 Å². The van der Waals surface area contributed by atoms with Crippen LogP contribution >= 0.6 is 23.1 Å². The van der Waals surface area contributed by atoms with Gasteiger partial charge < -0.3 is 10.1 Å². The van der Waals surface area contributed by atoms with Crippen LogP contribution in [0.15, 0.2) is 45.7 Å². The number of amides is 1. The van der Waals surface area contributed by atoms with Crippen molar-refractivity contribution in [2.45, 2.75) is 38.0 Å². The SMILES string of the molecule is CCn1c(SCC(=O)NCC(C)(C)N2CCOCC2)nc2scc(-c3ccccc3)c2c1=O. The average Bonchev–Trinajstić information content (AvgIpc) is 3.27. The molecular formula is C24H30N4O3S2. The molecular weight excluding hydrogens is 456 g/mol. The number of carbonyl (C=O) groups excluding carboxylic acids is 1. The summed E-state index contributed by atoms with van der Waals surface area (Å²) in [6.07, 6.45) is 0. The minimum absolute atomic E-state index is 0.0565. The molecule has 1 amide bonds. The van der Waals surface area contributed by atoms with Gasteiger partial charge in [-0.3, -0.25) is 19.1 Å². The molecule has 4 rings (SSSR count). The third kappa shape index (κ3) is 5.32. The second kappa shape index (κ2) is 10.4. The van der Waals surface area contributed by atoms with Crippen LogP contribution < -0.4 is 10.9 Å². The van der Waals surface area contributed by atoms with Gasteiger partial charge in [0.1, 0.15) is 4.83 Å². The molecule has 0 bridgehead atoms. The molecule has 1 saturated heterocycles. The van der Waals surface area contributed by atoms with Crippen LogP contribution in [-0.4, -0.2) is 64.5 Å². The number of benzene rings is 1. The molecule has 2 aromatic heterocycles. The Labute approximate surface area is 202 Å². The zero-order valence-corrected chi connectivity index (χ0v) is 20.9. The topological polar surface area (TPSA) is 76.5 Å². The lowest BCUT2D eigenvalue weighted by atomic mass is 10.0. The fraction of sp³-hybridized carbons (Fsp3) is 0.458. The summed E-state index contributed by atoms with van der Waals surface area (Å²) in [6.45, 7) is 10.5. The highest BCUT2D eigenvalue weighted by atomic mass is 32.2. The van der Waals surface area contributed by atoms with E-state index in [9.17, 15) is 9.59 Å². The number of ether oxygens (including phenoxy) is 1. The van der Waals surface area contributed by atoms with Gasteiger partial charge in [0.2, 0.25) is 5.91 Å². The molecule has 33 heavy (non-hydrogen) atoms. The predicted molar refractivity (Wildman–Crippen MR) is 135 cm³/mol. The van der Waals surface area contributed by atoms with E-state index in [1.165, 1.54) is 23.1 Å². The van der Waals surface area contributed by atoms with E-state index in [0.717, 1.165) is 37.4 Å². The van der Waals surface area contributed by atoms with E-state index in [0.29, 0.717) is 28.5 Å². The molecule has 1 fully saturated rings. The number of thiophene rings is 1. The molecule has 0 unspecified atom stereocenters. The summed E-state index contributed by atoms with van der Waals surface area (Å²) >= 11 is 2.78. The van der Waals surface area contributed by atoms with E-state index in [1.54, 1.807) is 4.57 Å². The van der Waals surface area contributed by atoms with E-state index < -0.39 is 0 Å². The summed E-state index contributed by atoms with van der Waals surface area (Å²) in [6, 6.07) is 9.90. The van der Waals surface area contributed by atoms with Crippen LogP contribution in [0.3, 0.4) is 0 Å². The summed E-state index contributed by atoms with van der Waals surface area (Å²) in [5.41, 5.74) is 1.72. The lowest BCUT2D eigenvalue weighted by molar-refractivity contribution is -0.119. The fourth-order valence-electron chi connectivity index (χ4n) is 4.00. The Kier molecular flexibility index (Phi) is 7.53.